The zero-order chi connectivity index (χ0) is 23.7. The fourth-order valence-electron chi connectivity index (χ4n) is 2.72. The van der Waals surface area contributed by atoms with E-state index in [1.165, 1.54) is 51.4 Å². The first kappa shape index (κ1) is 33.6. The predicted octanol–water partition coefficient (Wildman–Crippen LogP) is 7.85. The summed E-state index contributed by atoms with van der Waals surface area (Å²) in [6.07, 6.45) is 13.4. The molecule has 0 aromatic rings. The third-order valence-electron chi connectivity index (χ3n) is 4.62. The standard InChI is InChI=1S/C16H30O4S2.2C4H9.Sn/c1-13(2)7-5-3-4-6-8-16(21-11-9-14(17)18)22-12-10-15(19)20;2*1-3-4-2;/h13,16H,3-12H2,1-2H3,(H,17,18)(H,19,20);2*1,3-4H2,2H3;. The zero-order valence-electron chi connectivity index (χ0n) is 20.5. The Morgan fingerprint density at radius 1 is 0.742 bits per heavy atom. The number of unbranched alkanes of at least 4 members (excludes halogenated alkanes) is 5. The summed E-state index contributed by atoms with van der Waals surface area (Å²) in [5.41, 5.74) is 0. The van der Waals surface area contributed by atoms with E-state index in [4.69, 9.17) is 10.2 Å². The maximum absolute atomic E-state index is 10.6. The van der Waals surface area contributed by atoms with E-state index in [-0.39, 0.29) is 34.0 Å². The van der Waals surface area contributed by atoms with Crippen LogP contribution in [-0.4, -0.2) is 59.4 Å². The molecule has 0 aliphatic carbocycles. The van der Waals surface area contributed by atoms with Crippen LogP contribution in [0.15, 0.2) is 0 Å². The molecule has 0 saturated carbocycles. The molecule has 2 N–H and O–H groups in total. The summed E-state index contributed by atoms with van der Waals surface area (Å²) in [5, 5.41) is 17.4. The van der Waals surface area contributed by atoms with E-state index < -0.39 is 11.9 Å². The molecule has 0 saturated heterocycles. The number of hydrogen-bond donors (Lipinski definition) is 2. The average molecular weight is 583 g/mol. The SMILES string of the molecule is CC(C)CCCCCCC(SCCC(=O)O)SCCC(=O)O.CCC[CH2][Sn][CH2]CCC. The van der Waals surface area contributed by atoms with Crippen molar-refractivity contribution in [3.63, 3.8) is 0 Å². The summed E-state index contributed by atoms with van der Waals surface area (Å²) in [6, 6.07) is 0. The Labute approximate surface area is 211 Å². The number of aliphatic carboxylic acids is 2. The van der Waals surface area contributed by atoms with Gasteiger partial charge in [0.15, 0.2) is 0 Å². The van der Waals surface area contributed by atoms with E-state index >= 15 is 0 Å². The topological polar surface area (TPSA) is 74.6 Å². The molecule has 0 fully saturated rings. The molecule has 0 atom stereocenters. The number of carboxylic acid groups (broad SMARTS) is 2. The summed E-state index contributed by atoms with van der Waals surface area (Å²) in [6.45, 7) is 9.07. The molecule has 184 valence electrons. The first-order chi connectivity index (χ1) is 14.8. The van der Waals surface area contributed by atoms with Crippen LogP contribution in [0.1, 0.15) is 105 Å². The molecule has 0 spiro atoms. The fraction of sp³-hybridized carbons (Fsp3) is 0.917. The van der Waals surface area contributed by atoms with Gasteiger partial charge in [-0.3, -0.25) is 9.59 Å². The second-order valence-corrected chi connectivity index (χ2v) is 15.5. The summed E-state index contributed by atoms with van der Waals surface area (Å²) in [4.78, 5) is 21.1. The first-order valence-electron chi connectivity index (χ1n) is 12.2. The minimum atomic E-state index is -0.768. The van der Waals surface area contributed by atoms with E-state index in [1.54, 1.807) is 32.4 Å². The maximum atomic E-state index is 10.6. The van der Waals surface area contributed by atoms with Crippen LogP contribution >= 0.6 is 23.5 Å². The van der Waals surface area contributed by atoms with Crippen molar-refractivity contribution >= 4 is 56.6 Å². The van der Waals surface area contributed by atoms with Gasteiger partial charge in [0.25, 0.3) is 0 Å². The van der Waals surface area contributed by atoms with Crippen LogP contribution in [-0.2, 0) is 9.59 Å². The summed E-state index contributed by atoms with van der Waals surface area (Å²) >= 11 is 3.47. The van der Waals surface area contributed by atoms with E-state index in [1.807, 2.05) is 0 Å². The summed E-state index contributed by atoms with van der Waals surface area (Å²) in [7, 11) is 0. The van der Waals surface area contributed by atoms with Crippen molar-refractivity contribution in [2.24, 2.45) is 5.92 Å². The van der Waals surface area contributed by atoms with Gasteiger partial charge in [0.1, 0.15) is 0 Å². The van der Waals surface area contributed by atoms with E-state index in [9.17, 15) is 9.59 Å². The number of carboxylic acids is 2. The first-order valence-corrected chi connectivity index (χ1v) is 18.3. The average Bonchev–Trinajstić information content (AvgIpc) is 2.70. The van der Waals surface area contributed by atoms with Crippen LogP contribution in [0.5, 0.6) is 0 Å². The van der Waals surface area contributed by atoms with Crippen molar-refractivity contribution in [3.8, 4) is 0 Å². The van der Waals surface area contributed by atoms with E-state index in [2.05, 4.69) is 27.7 Å². The predicted molar refractivity (Wildman–Crippen MR) is 141 cm³/mol. The minimum absolute atomic E-state index is 0.149. The van der Waals surface area contributed by atoms with Gasteiger partial charge < -0.3 is 10.2 Å². The van der Waals surface area contributed by atoms with E-state index in [0.29, 0.717) is 16.1 Å². The molecule has 0 aromatic carbocycles. The van der Waals surface area contributed by atoms with E-state index in [0.717, 1.165) is 18.8 Å². The number of rotatable bonds is 21. The molecule has 0 heterocycles. The van der Waals surface area contributed by atoms with Crippen molar-refractivity contribution in [1.82, 2.24) is 0 Å². The normalized spacial score (nSPS) is 10.9. The van der Waals surface area contributed by atoms with Gasteiger partial charge in [-0.2, -0.15) is 0 Å². The molecule has 4 nitrogen and oxygen atoms in total. The molecule has 0 rings (SSSR count). The number of hydrogen-bond acceptors (Lipinski definition) is 4. The van der Waals surface area contributed by atoms with Gasteiger partial charge in [-0.05, 0) is 12.3 Å². The molecule has 0 bridgehead atoms. The van der Waals surface area contributed by atoms with Gasteiger partial charge in [-0.15, -0.1) is 23.5 Å². The van der Waals surface area contributed by atoms with Crippen LogP contribution in [0.25, 0.3) is 0 Å². The van der Waals surface area contributed by atoms with Crippen LogP contribution in [0, 0.1) is 5.92 Å². The van der Waals surface area contributed by atoms with Gasteiger partial charge >= 0.3 is 81.5 Å². The van der Waals surface area contributed by atoms with Gasteiger partial charge in [-0.25, -0.2) is 0 Å². The van der Waals surface area contributed by atoms with Crippen LogP contribution in [0.4, 0.5) is 0 Å². The van der Waals surface area contributed by atoms with Crippen molar-refractivity contribution in [2.75, 3.05) is 11.5 Å². The molecule has 0 amide bonds. The molecule has 0 aliphatic rings. The molecule has 0 aromatic heterocycles. The fourth-order valence-corrected chi connectivity index (χ4v) is 9.61. The van der Waals surface area contributed by atoms with Gasteiger partial charge in [0.05, 0.1) is 17.4 Å². The third kappa shape index (κ3) is 32.7. The summed E-state index contributed by atoms with van der Waals surface area (Å²) in [5.74, 6) is 0.442. The molecule has 2 radical (unpaired) electrons. The number of thioether (sulfide) groups is 2. The zero-order valence-corrected chi connectivity index (χ0v) is 25.0. The van der Waals surface area contributed by atoms with Crippen molar-refractivity contribution in [3.05, 3.63) is 0 Å². The monoisotopic (exact) mass is 584 g/mol. The molecular weight excluding hydrogens is 535 g/mol. The molecule has 31 heavy (non-hydrogen) atoms. The van der Waals surface area contributed by atoms with Crippen molar-refractivity contribution < 1.29 is 19.8 Å². The van der Waals surface area contributed by atoms with Crippen LogP contribution < -0.4 is 0 Å². The molecule has 0 unspecified atom stereocenters. The molecule has 7 heteroatoms. The Morgan fingerprint density at radius 3 is 1.58 bits per heavy atom. The Bertz CT molecular complexity index is 383. The quantitative estimate of drug-likeness (QED) is 0.0815. The van der Waals surface area contributed by atoms with Gasteiger partial charge in [0, 0.05) is 11.5 Å². The van der Waals surface area contributed by atoms with Gasteiger partial charge in [-0.1, -0.05) is 46.0 Å². The Morgan fingerprint density at radius 2 is 1.19 bits per heavy atom. The second kappa shape index (κ2) is 26.7. The van der Waals surface area contributed by atoms with Crippen LogP contribution in [0.3, 0.4) is 0 Å². The second-order valence-electron chi connectivity index (χ2n) is 8.30. The Kier molecular flexibility index (Phi) is 28.9. The molecule has 0 aliphatic heterocycles. The van der Waals surface area contributed by atoms with Gasteiger partial charge in [0.2, 0.25) is 0 Å². The summed E-state index contributed by atoms with van der Waals surface area (Å²) < 4.78 is 3.57. The molecular formula is C24H48O4S2Sn. The Hall–Kier alpha value is 0.439. The van der Waals surface area contributed by atoms with Crippen molar-refractivity contribution in [1.29, 1.82) is 0 Å². The third-order valence-corrected chi connectivity index (χ3v) is 11.6. The number of carbonyl (C=O) groups is 2. The van der Waals surface area contributed by atoms with Crippen molar-refractivity contribution in [2.45, 2.75) is 118 Å². The van der Waals surface area contributed by atoms with Crippen LogP contribution in [0.2, 0.25) is 8.87 Å². The Balaban J connectivity index is 0.